The molecule has 0 radical (unpaired) electrons. The first-order valence-electron chi connectivity index (χ1n) is 7.62. The smallest absolute Gasteiger partial charge is 0.162 e. The summed E-state index contributed by atoms with van der Waals surface area (Å²) < 4.78 is 0. The van der Waals surface area contributed by atoms with E-state index in [-0.39, 0.29) is 5.78 Å². The van der Waals surface area contributed by atoms with Gasteiger partial charge in [0.1, 0.15) is 0 Å². The van der Waals surface area contributed by atoms with E-state index >= 15 is 0 Å². The zero-order valence-electron chi connectivity index (χ0n) is 12.1. The minimum absolute atomic E-state index is 0.218. The standard InChI is InChI=1S/C17H25NO/c1-3-13-5-9-15(10-6-13)18-16-11-7-14(8-12-16)17(19)4-2/h7-8,11-13,15,18H,3-6,9-10H2,1-2H3. The van der Waals surface area contributed by atoms with Crippen LogP contribution in [0.25, 0.3) is 0 Å². The van der Waals surface area contributed by atoms with Gasteiger partial charge in [-0.15, -0.1) is 0 Å². The number of carbonyl (C=O) groups is 1. The Morgan fingerprint density at radius 2 is 1.74 bits per heavy atom. The third-order valence-electron chi connectivity index (χ3n) is 4.32. The predicted octanol–water partition coefficient (Wildman–Crippen LogP) is 4.66. The number of hydrogen-bond donors (Lipinski definition) is 1. The van der Waals surface area contributed by atoms with Crippen LogP contribution >= 0.6 is 0 Å². The predicted molar refractivity (Wildman–Crippen MR) is 80.7 cm³/mol. The van der Waals surface area contributed by atoms with Crippen LogP contribution in [-0.4, -0.2) is 11.8 Å². The minimum Gasteiger partial charge on any atom is -0.382 e. The summed E-state index contributed by atoms with van der Waals surface area (Å²) in [5.41, 5.74) is 1.97. The van der Waals surface area contributed by atoms with Crippen LogP contribution in [0, 0.1) is 5.92 Å². The van der Waals surface area contributed by atoms with E-state index in [1.807, 2.05) is 31.2 Å². The van der Waals surface area contributed by atoms with Gasteiger partial charge in [0.25, 0.3) is 0 Å². The maximum Gasteiger partial charge on any atom is 0.162 e. The summed E-state index contributed by atoms with van der Waals surface area (Å²) in [6.45, 7) is 4.20. The zero-order valence-corrected chi connectivity index (χ0v) is 12.1. The summed E-state index contributed by atoms with van der Waals surface area (Å²) in [6.07, 6.45) is 7.14. The van der Waals surface area contributed by atoms with E-state index in [0.717, 1.165) is 17.2 Å². The van der Waals surface area contributed by atoms with Gasteiger partial charge in [-0.3, -0.25) is 4.79 Å². The van der Waals surface area contributed by atoms with E-state index in [0.29, 0.717) is 12.5 Å². The van der Waals surface area contributed by atoms with Gasteiger partial charge in [-0.2, -0.15) is 0 Å². The van der Waals surface area contributed by atoms with Crippen LogP contribution in [0.1, 0.15) is 62.7 Å². The molecule has 0 unspecified atom stereocenters. The van der Waals surface area contributed by atoms with Crippen molar-refractivity contribution in [3.63, 3.8) is 0 Å². The first-order chi connectivity index (χ1) is 9.22. The molecule has 0 saturated heterocycles. The highest BCUT2D eigenvalue weighted by Crippen LogP contribution is 2.28. The summed E-state index contributed by atoms with van der Waals surface area (Å²) in [7, 11) is 0. The molecule has 0 aromatic heterocycles. The molecule has 0 atom stereocenters. The molecule has 2 rings (SSSR count). The van der Waals surface area contributed by atoms with Gasteiger partial charge in [0.2, 0.25) is 0 Å². The Hall–Kier alpha value is -1.31. The lowest BCUT2D eigenvalue weighted by molar-refractivity contribution is 0.0988. The van der Waals surface area contributed by atoms with Crippen LogP contribution in [0.2, 0.25) is 0 Å². The van der Waals surface area contributed by atoms with E-state index < -0.39 is 0 Å². The van der Waals surface area contributed by atoms with Gasteiger partial charge in [0.05, 0.1) is 0 Å². The summed E-state index contributed by atoms with van der Waals surface area (Å²) in [4.78, 5) is 11.6. The molecule has 19 heavy (non-hydrogen) atoms. The first kappa shape index (κ1) is 14.1. The van der Waals surface area contributed by atoms with Crippen LogP contribution in [0.5, 0.6) is 0 Å². The average Bonchev–Trinajstić information content (AvgIpc) is 2.48. The van der Waals surface area contributed by atoms with Crippen LogP contribution in [0.3, 0.4) is 0 Å². The van der Waals surface area contributed by atoms with Crippen molar-refractivity contribution in [3.05, 3.63) is 29.8 Å². The van der Waals surface area contributed by atoms with Gasteiger partial charge < -0.3 is 5.32 Å². The molecule has 1 aliphatic carbocycles. The Balaban J connectivity index is 1.88. The van der Waals surface area contributed by atoms with Gasteiger partial charge in [-0.25, -0.2) is 0 Å². The fourth-order valence-corrected chi connectivity index (χ4v) is 2.91. The van der Waals surface area contributed by atoms with Crippen molar-refractivity contribution in [2.24, 2.45) is 5.92 Å². The Labute approximate surface area is 116 Å². The van der Waals surface area contributed by atoms with Crippen molar-refractivity contribution in [2.45, 2.75) is 58.4 Å². The van der Waals surface area contributed by atoms with Crippen molar-refractivity contribution in [2.75, 3.05) is 5.32 Å². The van der Waals surface area contributed by atoms with Crippen molar-refractivity contribution >= 4 is 11.5 Å². The zero-order chi connectivity index (χ0) is 13.7. The number of nitrogens with one attached hydrogen (secondary N) is 1. The highest BCUT2D eigenvalue weighted by atomic mass is 16.1. The maximum absolute atomic E-state index is 11.6. The molecule has 0 heterocycles. The van der Waals surface area contributed by atoms with Crippen molar-refractivity contribution in [3.8, 4) is 0 Å². The number of anilines is 1. The monoisotopic (exact) mass is 259 g/mol. The molecule has 2 heteroatoms. The first-order valence-corrected chi connectivity index (χ1v) is 7.62. The quantitative estimate of drug-likeness (QED) is 0.779. The lowest BCUT2D eigenvalue weighted by Crippen LogP contribution is -2.25. The number of carbonyl (C=O) groups excluding carboxylic acids is 1. The fraction of sp³-hybridized carbons (Fsp3) is 0.588. The molecule has 2 nitrogen and oxygen atoms in total. The molecular formula is C17H25NO. The average molecular weight is 259 g/mol. The van der Waals surface area contributed by atoms with Crippen LogP contribution < -0.4 is 5.32 Å². The Bertz CT molecular complexity index is 402. The topological polar surface area (TPSA) is 29.1 Å². The van der Waals surface area contributed by atoms with Gasteiger partial charge in [-0.05, 0) is 55.9 Å². The molecule has 1 aliphatic rings. The van der Waals surface area contributed by atoms with E-state index in [2.05, 4.69) is 12.2 Å². The molecule has 0 aliphatic heterocycles. The number of hydrogen-bond acceptors (Lipinski definition) is 2. The van der Waals surface area contributed by atoms with E-state index in [1.165, 1.54) is 32.1 Å². The van der Waals surface area contributed by atoms with Crippen LogP contribution in [0.15, 0.2) is 24.3 Å². The molecule has 1 N–H and O–H groups in total. The summed E-state index contributed by atoms with van der Waals surface area (Å²) in [6, 6.07) is 8.55. The Kier molecular flexibility index (Phi) is 5.00. The highest BCUT2D eigenvalue weighted by molar-refractivity contribution is 5.96. The van der Waals surface area contributed by atoms with Gasteiger partial charge in [-0.1, -0.05) is 20.3 Å². The second-order valence-electron chi connectivity index (χ2n) is 5.62. The van der Waals surface area contributed by atoms with E-state index in [1.54, 1.807) is 0 Å². The summed E-state index contributed by atoms with van der Waals surface area (Å²) in [5.74, 6) is 1.15. The lowest BCUT2D eigenvalue weighted by Gasteiger charge is -2.29. The maximum atomic E-state index is 11.6. The van der Waals surface area contributed by atoms with Crippen molar-refractivity contribution in [1.29, 1.82) is 0 Å². The number of benzene rings is 1. The SMILES string of the molecule is CCC(=O)c1ccc(NC2CCC(CC)CC2)cc1. The Morgan fingerprint density at radius 3 is 2.26 bits per heavy atom. The number of rotatable bonds is 5. The molecular weight excluding hydrogens is 234 g/mol. The lowest BCUT2D eigenvalue weighted by atomic mass is 9.84. The molecule has 1 fully saturated rings. The molecule has 1 saturated carbocycles. The van der Waals surface area contributed by atoms with Crippen LogP contribution in [0.4, 0.5) is 5.69 Å². The van der Waals surface area contributed by atoms with Crippen molar-refractivity contribution < 1.29 is 4.79 Å². The van der Waals surface area contributed by atoms with E-state index in [4.69, 9.17) is 0 Å². The number of Topliss-reactive ketones (excluding diaryl/α,β-unsaturated/α-hetero) is 1. The van der Waals surface area contributed by atoms with Crippen molar-refractivity contribution in [1.82, 2.24) is 0 Å². The van der Waals surface area contributed by atoms with E-state index in [9.17, 15) is 4.79 Å². The molecule has 0 amide bonds. The molecule has 1 aromatic rings. The van der Waals surface area contributed by atoms with Crippen LogP contribution in [-0.2, 0) is 0 Å². The second-order valence-corrected chi connectivity index (χ2v) is 5.62. The Morgan fingerprint density at radius 1 is 1.11 bits per heavy atom. The van der Waals surface area contributed by atoms with Gasteiger partial charge in [0.15, 0.2) is 5.78 Å². The fourth-order valence-electron chi connectivity index (χ4n) is 2.91. The molecule has 104 valence electrons. The second kappa shape index (κ2) is 6.74. The molecule has 1 aromatic carbocycles. The third-order valence-corrected chi connectivity index (χ3v) is 4.32. The van der Waals surface area contributed by atoms with Gasteiger partial charge in [0, 0.05) is 23.7 Å². The normalized spacial score (nSPS) is 23.1. The van der Waals surface area contributed by atoms with Gasteiger partial charge >= 0.3 is 0 Å². The minimum atomic E-state index is 0.218. The molecule has 0 bridgehead atoms. The third kappa shape index (κ3) is 3.82. The molecule has 0 spiro atoms. The largest absolute Gasteiger partial charge is 0.382 e. The summed E-state index contributed by atoms with van der Waals surface area (Å²) >= 11 is 0. The highest BCUT2D eigenvalue weighted by Gasteiger charge is 2.19. The summed E-state index contributed by atoms with van der Waals surface area (Å²) in [5, 5.41) is 3.60. The number of ketones is 1.